The normalized spacial score (nSPS) is 18.9. The van der Waals surface area contributed by atoms with E-state index in [9.17, 15) is 9.90 Å². The number of hydrogen-bond acceptors (Lipinski definition) is 5. The summed E-state index contributed by atoms with van der Waals surface area (Å²) in [6, 6.07) is 13.0. The molecular formula is C24H28N4O3. The molecule has 7 heteroatoms. The number of nitrogen functional groups attached to an aromatic ring is 1. The van der Waals surface area contributed by atoms with Crippen LogP contribution in [0, 0.1) is 5.41 Å². The molecule has 1 saturated heterocycles. The molecule has 2 aliphatic heterocycles. The highest BCUT2D eigenvalue weighted by Crippen LogP contribution is 2.36. The van der Waals surface area contributed by atoms with E-state index in [1.807, 2.05) is 48.6 Å². The number of fused-ring (bicyclic) bond motifs is 1. The van der Waals surface area contributed by atoms with E-state index in [-0.39, 0.29) is 23.9 Å². The minimum atomic E-state index is -0.545. The topological polar surface area (TPSA) is 112 Å². The van der Waals surface area contributed by atoms with Crippen molar-refractivity contribution in [3.05, 3.63) is 65.2 Å². The van der Waals surface area contributed by atoms with E-state index >= 15 is 0 Å². The number of carbonyl (C=O) groups is 1. The Hall–Kier alpha value is -3.16. The maximum atomic E-state index is 12.5. The number of rotatable bonds is 6. The van der Waals surface area contributed by atoms with Crippen molar-refractivity contribution < 1.29 is 14.6 Å². The first-order valence-electron chi connectivity index (χ1n) is 10.6. The van der Waals surface area contributed by atoms with Crippen molar-refractivity contribution in [2.45, 2.75) is 31.4 Å². The maximum Gasteiger partial charge on any atom is 0.253 e. The molecule has 0 spiro atoms. The quantitative estimate of drug-likeness (QED) is 0.422. The summed E-state index contributed by atoms with van der Waals surface area (Å²) in [5, 5.41) is 20.4. The maximum absolute atomic E-state index is 12.5. The molecular weight excluding hydrogens is 392 g/mol. The summed E-state index contributed by atoms with van der Waals surface area (Å²) in [5.74, 6) is 0.501. The van der Waals surface area contributed by atoms with Gasteiger partial charge in [0.05, 0.1) is 6.04 Å². The number of nitrogens with one attached hydrogen (secondary N) is 2. The third-order valence-electron chi connectivity index (χ3n) is 5.77. The van der Waals surface area contributed by atoms with Crippen molar-refractivity contribution in [1.82, 2.24) is 5.32 Å². The minimum absolute atomic E-state index is 0.0156. The fourth-order valence-electron chi connectivity index (χ4n) is 4.22. The fraction of sp³-hybridized carbons (Fsp3) is 0.333. The molecule has 0 radical (unpaired) electrons. The van der Waals surface area contributed by atoms with Crippen molar-refractivity contribution in [2.24, 2.45) is 5.73 Å². The van der Waals surface area contributed by atoms with Crippen LogP contribution >= 0.6 is 0 Å². The number of nitrogens with two attached hydrogens (primary N) is 1. The fourth-order valence-corrected chi connectivity index (χ4v) is 4.22. The molecule has 1 fully saturated rings. The third-order valence-corrected chi connectivity index (χ3v) is 5.77. The zero-order valence-electron chi connectivity index (χ0n) is 17.4. The summed E-state index contributed by atoms with van der Waals surface area (Å²) in [6.45, 7) is 1.38. The molecule has 2 aromatic carbocycles. The van der Waals surface area contributed by atoms with Gasteiger partial charge in [-0.05, 0) is 67.7 Å². The van der Waals surface area contributed by atoms with Gasteiger partial charge in [0.2, 0.25) is 0 Å². The van der Waals surface area contributed by atoms with E-state index in [1.165, 1.54) is 0 Å². The Balaban J connectivity index is 1.55. The van der Waals surface area contributed by atoms with Crippen LogP contribution in [-0.2, 0) is 11.2 Å². The van der Waals surface area contributed by atoms with Crippen molar-refractivity contribution in [3.63, 3.8) is 0 Å². The lowest BCUT2D eigenvalue weighted by molar-refractivity contribution is -0.121. The van der Waals surface area contributed by atoms with Crippen molar-refractivity contribution >= 4 is 23.5 Å². The number of hydrogen-bond donors (Lipinski definition) is 4. The second-order valence-corrected chi connectivity index (χ2v) is 7.95. The molecule has 7 nitrogen and oxygen atoms in total. The van der Waals surface area contributed by atoms with Gasteiger partial charge in [-0.2, -0.15) is 0 Å². The molecule has 0 bridgehead atoms. The van der Waals surface area contributed by atoms with Gasteiger partial charge in [-0.3, -0.25) is 10.2 Å². The number of anilines is 1. The average Bonchev–Trinajstić information content (AvgIpc) is 3.15. The lowest BCUT2D eigenvalue weighted by Gasteiger charge is -2.24. The number of ether oxygens (including phenoxy) is 1. The number of benzene rings is 2. The SMILES string of the molecule is N=C(N)c1cccc(/C=C/C2Cc3cc(OC4CCNCC4)ccc3N2C(=O)CO)c1. The predicted octanol–water partition coefficient (Wildman–Crippen LogP) is 2.06. The number of carbonyl (C=O) groups excluding carboxylic acids is 1. The van der Waals surface area contributed by atoms with E-state index in [1.54, 1.807) is 11.0 Å². The molecule has 1 atom stereocenters. The molecule has 0 aliphatic carbocycles. The largest absolute Gasteiger partial charge is 0.490 e. The number of aliphatic hydroxyl groups is 1. The van der Waals surface area contributed by atoms with Gasteiger partial charge in [0.25, 0.3) is 5.91 Å². The van der Waals surface area contributed by atoms with Gasteiger partial charge in [0.15, 0.2) is 0 Å². The number of aliphatic hydroxyl groups excluding tert-OH is 1. The molecule has 1 amide bonds. The number of nitrogens with zero attached hydrogens (tertiary/aromatic N) is 1. The molecule has 0 saturated carbocycles. The Morgan fingerprint density at radius 1 is 1.26 bits per heavy atom. The van der Waals surface area contributed by atoms with E-state index in [0.717, 1.165) is 48.5 Å². The second-order valence-electron chi connectivity index (χ2n) is 7.95. The first-order valence-corrected chi connectivity index (χ1v) is 10.6. The first-order chi connectivity index (χ1) is 15.0. The van der Waals surface area contributed by atoms with Gasteiger partial charge in [-0.1, -0.05) is 30.4 Å². The lowest BCUT2D eigenvalue weighted by Crippen LogP contribution is -2.38. The van der Waals surface area contributed by atoms with E-state index < -0.39 is 6.61 Å². The molecule has 4 rings (SSSR count). The van der Waals surface area contributed by atoms with Crippen LogP contribution in [0.1, 0.15) is 29.5 Å². The van der Waals surface area contributed by atoms with Gasteiger partial charge in [-0.25, -0.2) is 0 Å². The van der Waals surface area contributed by atoms with Crippen LogP contribution < -0.4 is 20.7 Å². The highest BCUT2D eigenvalue weighted by atomic mass is 16.5. The predicted molar refractivity (Wildman–Crippen MR) is 122 cm³/mol. The molecule has 0 aromatic heterocycles. The van der Waals surface area contributed by atoms with Crippen LogP contribution in [0.15, 0.2) is 48.5 Å². The molecule has 2 aromatic rings. The average molecular weight is 421 g/mol. The highest BCUT2D eigenvalue weighted by Gasteiger charge is 2.32. The summed E-state index contributed by atoms with van der Waals surface area (Å²) >= 11 is 0. The Morgan fingerprint density at radius 2 is 2.06 bits per heavy atom. The van der Waals surface area contributed by atoms with E-state index in [4.69, 9.17) is 15.9 Å². The number of amides is 1. The smallest absolute Gasteiger partial charge is 0.253 e. The Kier molecular flexibility index (Phi) is 6.34. The zero-order chi connectivity index (χ0) is 21.8. The molecule has 2 aliphatic rings. The van der Waals surface area contributed by atoms with Crippen LogP contribution in [0.4, 0.5) is 5.69 Å². The first kappa shape index (κ1) is 21.1. The number of piperidine rings is 1. The monoisotopic (exact) mass is 420 g/mol. The summed E-state index contributed by atoms with van der Waals surface area (Å²) in [5.41, 5.74) is 8.97. The van der Waals surface area contributed by atoms with Gasteiger partial charge >= 0.3 is 0 Å². The molecule has 5 N–H and O–H groups in total. The Bertz CT molecular complexity index is 998. The lowest BCUT2D eigenvalue weighted by atomic mass is 10.1. The van der Waals surface area contributed by atoms with Crippen LogP contribution in [0.3, 0.4) is 0 Å². The summed E-state index contributed by atoms with van der Waals surface area (Å²) < 4.78 is 6.16. The summed E-state index contributed by atoms with van der Waals surface area (Å²) in [6.07, 6.45) is 6.70. The Morgan fingerprint density at radius 3 is 2.81 bits per heavy atom. The van der Waals surface area contributed by atoms with Gasteiger partial charge in [-0.15, -0.1) is 0 Å². The van der Waals surface area contributed by atoms with Crippen molar-refractivity contribution in [3.8, 4) is 5.75 Å². The highest BCUT2D eigenvalue weighted by molar-refractivity contribution is 5.98. The van der Waals surface area contributed by atoms with Gasteiger partial charge in [0, 0.05) is 11.3 Å². The van der Waals surface area contributed by atoms with Gasteiger partial charge in [0.1, 0.15) is 24.3 Å². The molecule has 1 unspecified atom stereocenters. The third kappa shape index (κ3) is 4.78. The van der Waals surface area contributed by atoms with Crippen molar-refractivity contribution in [1.29, 1.82) is 5.41 Å². The molecule has 162 valence electrons. The van der Waals surface area contributed by atoms with Gasteiger partial charge < -0.3 is 25.8 Å². The summed E-state index contributed by atoms with van der Waals surface area (Å²) in [4.78, 5) is 14.2. The van der Waals surface area contributed by atoms with Crippen molar-refractivity contribution in [2.75, 3.05) is 24.6 Å². The zero-order valence-corrected chi connectivity index (χ0v) is 17.4. The molecule has 2 heterocycles. The summed E-state index contributed by atoms with van der Waals surface area (Å²) in [7, 11) is 0. The van der Waals surface area contributed by atoms with Crippen LogP contribution in [0.25, 0.3) is 6.08 Å². The Labute approximate surface area is 182 Å². The van der Waals surface area contributed by atoms with Crippen LogP contribution in [0.5, 0.6) is 5.75 Å². The standard InChI is InChI=1S/C24H28N4O3/c25-24(26)17-3-1-2-16(12-17)4-5-19-13-18-14-21(31-20-8-10-27-11-9-20)6-7-22(18)28(19)23(30)15-29/h1-7,12,14,19-20,27,29H,8-11,13,15H2,(H3,25,26)/b5-4+. The molecule has 31 heavy (non-hydrogen) atoms. The second kappa shape index (κ2) is 9.32. The minimum Gasteiger partial charge on any atom is -0.490 e. The van der Waals surface area contributed by atoms with Crippen LogP contribution in [-0.4, -0.2) is 48.7 Å². The number of amidine groups is 1. The van der Waals surface area contributed by atoms with E-state index in [2.05, 4.69) is 5.32 Å². The van der Waals surface area contributed by atoms with Crippen LogP contribution in [0.2, 0.25) is 0 Å². The van der Waals surface area contributed by atoms with E-state index in [0.29, 0.717) is 12.0 Å².